The first kappa shape index (κ1) is 17.0. The van der Waals surface area contributed by atoms with Crippen LogP contribution in [-0.4, -0.2) is 26.2 Å². The SMILES string of the molecule is COc1ccc(CNCC2=Cc3ccccc3OC2)cc1NC(C)=O. The number of methoxy groups -OCH3 is 1. The number of anilines is 1. The zero-order valence-corrected chi connectivity index (χ0v) is 14.5. The van der Waals surface area contributed by atoms with Crippen LogP contribution in [0.1, 0.15) is 18.1 Å². The third-order valence-corrected chi connectivity index (χ3v) is 3.95. The van der Waals surface area contributed by atoms with Crippen LogP contribution in [0.15, 0.2) is 48.0 Å². The van der Waals surface area contributed by atoms with Gasteiger partial charge in [-0.15, -0.1) is 0 Å². The van der Waals surface area contributed by atoms with Crippen molar-refractivity contribution in [1.82, 2.24) is 5.32 Å². The van der Waals surface area contributed by atoms with E-state index in [0.29, 0.717) is 24.6 Å². The van der Waals surface area contributed by atoms with E-state index in [-0.39, 0.29) is 5.91 Å². The van der Waals surface area contributed by atoms with Crippen LogP contribution < -0.4 is 20.1 Å². The summed E-state index contributed by atoms with van der Waals surface area (Å²) in [4.78, 5) is 11.3. The second-order valence-corrected chi connectivity index (χ2v) is 5.95. The number of hydrogen-bond acceptors (Lipinski definition) is 4. The van der Waals surface area contributed by atoms with Crippen molar-refractivity contribution in [2.24, 2.45) is 0 Å². The number of amides is 1. The molecule has 25 heavy (non-hydrogen) atoms. The van der Waals surface area contributed by atoms with E-state index >= 15 is 0 Å². The van der Waals surface area contributed by atoms with E-state index in [0.717, 1.165) is 23.4 Å². The van der Waals surface area contributed by atoms with Crippen molar-refractivity contribution in [3.8, 4) is 11.5 Å². The molecule has 0 radical (unpaired) electrons. The van der Waals surface area contributed by atoms with Crippen LogP contribution in [-0.2, 0) is 11.3 Å². The molecule has 5 nitrogen and oxygen atoms in total. The number of carbonyl (C=O) groups is 1. The lowest BCUT2D eigenvalue weighted by Crippen LogP contribution is -2.21. The van der Waals surface area contributed by atoms with E-state index in [2.05, 4.69) is 22.8 Å². The number of fused-ring (bicyclic) bond motifs is 1. The maximum absolute atomic E-state index is 11.3. The van der Waals surface area contributed by atoms with Gasteiger partial charge in [0.2, 0.25) is 5.91 Å². The summed E-state index contributed by atoms with van der Waals surface area (Å²) in [5.41, 5.74) is 4.07. The monoisotopic (exact) mass is 338 g/mol. The fraction of sp³-hybridized carbons (Fsp3) is 0.250. The van der Waals surface area contributed by atoms with Crippen LogP contribution in [0.25, 0.3) is 6.08 Å². The first-order valence-electron chi connectivity index (χ1n) is 8.22. The van der Waals surface area contributed by atoms with Crippen LogP contribution in [0.4, 0.5) is 5.69 Å². The van der Waals surface area contributed by atoms with Crippen LogP contribution in [0.3, 0.4) is 0 Å². The molecule has 0 unspecified atom stereocenters. The molecule has 0 spiro atoms. The smallest absolute Gasteiger partial charge is 0.221 e. The lowest BCUT2D eigenvalue weighted by molar-refractivity contribution is -0.114. The highest BCUT2D eigenvalue weighted by molar-refractivity contribution is 5.90. The number of nitrogens with one attached hydrogen (secondary N) is 2. The molecule has 3 rings (SSSR count). The van der Waals surface area contributed by atoms with Crippen molar-refractivity contribution in [1.29, 1.82) is 0 Å². The number of rotatable bonds is 6. The minimum atomic E-state index is -0.119. The molecule has 0 saturated carbocycles. The van der Waals surface area contributed by atoms with Crippen LogP contribution in [0, 0.1) is 0 Å². The predicted molar refractivity (Wildman–Crippen MR) is 98.9 cm³/mol. The Morgan fingerprint density at radius 3 is 2.84 bits per heavy atom. The van der Waals surface area contributed by atoms with Gasteiger partial charge in [-0.25, -0.2) is 0 Å². The first-order chi connectivity index (χ1) is 12.2. The molecule has 1 heterocycles. The molecule has 1 aliphatic heterocycles. The van der Waals surface area contributed by atoms with E-state index in [1.807, 2.05) is 36.4 Å². The van der Waals surface area contributed by atoms with E-state index in [1.54, 1.807) is 7.11 Å². The van der Waals surface area contributed by atoms with Crippen molar-refractivity contribution in [3.05, 3.63) is 59.2 Å². The van der Waals surface area contributed by atoms with Crippen LogP contribution in [0.2, 0.25) is 0 Å². The fourth-order valence-corrected chi connectivity index (χ4v) is 2.79. The summed E-state index contributed by atoms with van der Waals surface area (Å²) in [7, 11) is 1.59. The summed E-state index contributed by atoms with van der Waals surface area (Å²) in [6, 6.07) is 13.8. The van der Waals surface area contributed by atoms with Crippen molar-refractivity contribution < 1.29 is 14.3 Å². The summed E-state index contributed by atoms with van der Waals surface area (Å²) in [6.07, 6.45) is 2.17. The summed E-state index contributed by atoms with van der Waals surface area (Å²) in [6.45, 7) is 3.52. The molecule has 0 bridgehead atoms. The summed E-state index contributed by atoms with van der Waals surface area (Å²) in [5.74, 6) is 1.46. The summed E-state index contributed by atoms with van der Waals surface area (Å²) in [5, 5.41) is 6.21. The Hall–Kier alpha value is -2.79. The van der Waals surface area contributed by atoms with Crippen molar-refractivity contribution >= 4 is 17.7 Å². The third-order valence-electron chi connectivity index (χ3n) is 3.95. The molecule has 5 heteroatoms. The van der Waals surface area contributed by atoms with Crippen LogP contribution >= 0.6 is 0 Å². The third kappa shape index (κ3) is 4.39. The van der Waals surface area contributed by atoms with E-state index in [1.165, 1.54) is 12.5 Å². The number of ether oxygens (including phenoxy) is 2. The second-order valence-electron chi connectivity index (χ2n) is 5.95. The lowest BCUT2D eigenvalue weighted by atomic mass is 10.1. The van der Waals surface area contributed by atoms with E-state index in [4.69, 9.17) is 9.47 Å². The van der Waals surface area contributed by atoms with E-state index < -0.39 is 0 Å². The van der Waals surface area contributed by atoms with Gasteiger partial charge in [-0.2, -0.15) is 0 Å². The van der Waals surface area contributed by atoms with Gasteiger partial charge in [0, 0.05) is 25.6 Å². The molecule has 0 atom stereocenters. The van der Waals surface area contributed by atoms with Crippen LogP contribution in [0.5, 0.6) is 11.5 Å². The highest BCUT2D eigenvalue weighted by Crippen LogP contribution is 2.26. The van der Waals surface area contributed by atoms with Gasteiger partial charge in [0.15, 0.2) is 0 Å². The number of carbonyl (C=O) groups excluding carboxylic acids is 1. The Morgan fingerprint density at radius 1 is 1.20 bits per heavy atom. The highest BCUT2D eigenvalue weighted by Gasteiger charge is 2.10. The Balaban J connectivity index is 1.61. The van der Waals surface area contributed by atoms with Gasteiger partial charge in [0.1, 0.15) is 18.1 Å². The Morgan fingerprint density at radius 2 is 2.04 bits per heavy atom. The Kier molecular flexibility index (Phi) is 5.36. The summed E-state index contributed by atoms with van der Waals surface area (Å²) < 4.78 is 11.0. The number of para-hydroxylation sites is 1. The molecule has 0 fully saturated rings. The molecule has 130 valence electrons. The molecule has 0 aliphatic carbocycles. The standard InChI is InChI=1S/C20H22N2O3/c1-14(23)22-18-10-15(7-8-20(18)24-2)11-21-12-16-9-17-5-3-4-6-19(17)25-13-16/h3-10,21H,11-13H2,1-2H3,(H,22,23). The Bertz CT molecular complexity index is 799. The molecule has 2 N–H and O–H groups in total. The van der Waals surface area contributed by atoms with Crippen molar-refractivity contribution in [2.75, 3.05) is 25.6 Å². The van der Waals surface area contributed by atoms with Gasteiger partial charge in [-0.3, -0.25) is 4.79 Å². The molecule has 0 aromatic heterocycles. The van der Waals surface area contributed by atoms with E-state index in [9.17, 15) is 4.79 Å². The first-order valence-corrected chi connectivity index (χ1v) is 8.22. The van der Waals surface area contributed by atoms with Gasteiger partial charge < -0.3 is 20.1 Å². The van der Waals surface area contributed by atoms with Crippen molar-refractivity contribution in [3.63, 3.8) is 0 Å². The predicted octanol–water partition coefficient (Wildman–Crippen LogP) is 3.22. The topological polar surface area (TPSA) is 59.6 Å². The maximum atomic E-state index is 11.3. The molecule has 2 aromatic carbocycles. The van der Waals surface area contributed by atoms with Crippen molar-refractivity contribution in [2.45, 2.75) is 13.5 Å². The number of benzene rings is 2. The second kappa shape index (κ2) is 7.85. The minimum absolute atomic E-state index is 0.119. The van der Waals surface area contributed by atoms with Gasteiger partial charge in [-0.1, -0.05) is 24.3 Å². The molecular weight excluding hydrogens is 316 g/mol. The zero-order valence-electron chi connectivity index (χ0n) is 14.5. The molecule has 2 aromatic rings. The minimum Gasteiger partial charge on any atom is -0.495 e. The molecule has 1 aliphatic rings. The summed E-state index contributed by atoms with van der Waals surface area (Å²) >= 11 is 0. The fourth-order valence-electron chi connectivity index (χ4n) is 2.79. The van der Waals surface area contributed by atoms with Gasteiger partial charge in [-0.05, 0) is 35.4 Å². The highest BCUT2D eigenvalue weighted by atomic mass is 16.5. The van der Waals surface area contributed by atoms with Gasteiger partial charge in [0.25, 0.3) is 0 Å². The van der Waals surface area contributed by atoms with Gasteiger partial charge in [0.05, 0.1) is 12.8 Å². The quantitative estimate of drug-likeness (QED) is 0.849. The Labute approximate surface area is 147 Å². The molecule has 1 amide bonds. The average Bonchev–Trinajstić information content (AvgIpc) is 2.61. The number of hydrogen-bond donors (Lipinski definition) is 2. The maximum Gasteiger partial charge on any atom is 0.221 e. The molecule has 0 saturated heterocycles. The zero-order chi connectivity index (χ0) is 17.6. The molecular formula is C20H22N2O3. The lowest BCUT2D eigenvalue weighted by Gasteiger charge is -2.18. The average molecular weight is 338 g/mol. The largest absolute Gasteiger partial charge is 0.495 e. The van der Waals surface area contributed by atoms with Gasteiger partial charge >= 0.3 is 0 Å². The normalized spacial score (nSPS) is 12.6.